The van der Waals surface area contributed by atoms with E-state index < -0.39 is 0 Å². The van der Waals surface area contributed by atoms with Crippen molar-refractivity contribution in [3.05, 3.63) is 40.8 Å². The van der Waals surface area contributed by atoms with Gasteiger partial charge in [-0.25, -0.2) is 4.98 Å². The van der Waals surface area contributed by atoms with Crippen LogP contribution in [-0.4, -0.2) is 16.1 Å². The minimum Gasteiger partial charge on any atom is -0.330 e. The number of rotatable bonds is 6. The van der Waals surface area contributed by atoms with E-state index in [2.05, 4.69) is 31.4 Å². The van der Waals surface area contributed by atoms with Crippen LogP contribution in [0.1, 0.15) is 38.2 Å². The number of nitrogens with two attached hydrogens (primary N) is 1. The molecule has 0 fully saturated rings. The molecule has 0 amide bonds. The summed E-state index contributed by atoms with van der Waals surface area (Å²) in [7, 11) is 0. The van der Waals surface area contributed by atoms with E-state index in [9.17, 15) is 0 Å². The van der Waals surface area contributed by atoms with Gasteiger partial charge in [0.15, 0.2) is 0 Å². The third kappa shape index (κ3) is 3.82. The van der Waals surface area contributed by atoms with E-state index in [1.807, 2.05) is 18.2 Å². The molecule has 114 valence electrons. The average Bonchev–Trinajstić information content (AvgIpc) is 2.77. The van der Waals surface area contributed by atoms with Crippen LogP contribution in [0.5, 0.6) is 0 Å². The molecule has 2 N–H and O–H groups in total. The van der Waals surface area contributed by atoms with Crippen LogP contribution in [0.25, 0.3) is 0 Å². The van der Waals surface area contributed by atoms with Crippen molar-refractivity contribution in [2.45, 2.75) is 49.6 Å². The van der Waals surface area contributed by atoms with Crippen molar-refractivity contribution < 1.29 is 0 Å². The van der Waals surface area contributed by atoms with Crippen molar-refractivity contribution in [3.8, 4) is 0 Å². The van der Waals surface area contributed by atoms with Gasteiger partial charge in [0.1, 0.15) is 10.9 Å². The van der Waals surface area contributed by atoms with Crippen molar-refractivity contribution in [1.29, 1.82) is 0 Å². The Labute approximate surface area is 135 Å². The van der Waals surface area contributed by atoms with Crippen LogP contribution in [0.3, 0.4) is 0 Å². The van der Waals surface area contributed by atoms with Crippen molar-refractivity contribution in [2.24, 2.45) is 5.73 Å². The van der Waals surface area contributed by atoms with Gasteiger partial charge in [0.25, 0.3) is 0 Å². The molecule has 21 heavy (non-hydrogen) atoms. The molecule has 0 aliphatic carbocycles. The van der Waals surface area contributed by atoms with Gasteiger partial charge in [-0.15, -0.1) is 0 Å². The highest BCUT2D eigenvalue weighted by atomic mass is 35.5. The molecule has 0 spiro atoms. The number of aromatic nitrogens is 2. The smallest absolute Gasteiger partial charge is 0.111 e. The summed E-state index contributed by atoms with van der Waals surface area (Å²) in [4.78, 5) is 5.96. The molecule has 0 saturated heterocycles. The highest BCUT2D eigenvalue weighted by molar-refractivity contribution is 7.99. The maximum absolute atomic E-state index is 6.09. The molecule has 0 aliphatic rings. The molecule has 0 atom stereocenters. The van der Waals surface area contributed by atoms with Crippen LogP contribution in [-0.2, 0) is 13.0 Å². The Morgan fingerprint density at radius 2 is 2.14 bits per heavy atom. The monoisotopic (exact) mass is 323 g/mol. The highest BCUT2D eigenvalue weighted by Crippen LogP contribution is 2.35. The van der Waals surface area contributed by atoms with Gasteiger partial charge in [-0.1, -0.05) is 43.3 Å². The SMILES string of the molecule is CCn1c(CCN)nc(C(C)C)c1Sc1cccc(Cl)c1. The fourth-order valence-corrected chi connectivity index (χ4v) is 3.82. The van der Waals surface area contributed by atoms with Gasteiger partial charge in [0.2, 0.25) is 0 Å². The third-order valence-electron chi connectivity index (χ3n) is 3.27. The summed E-state index contributed by atoms with van der Waals surface area (Å²) in [6.45, 7) is 8.02. The summed E-state index contributed by atoms with van der Waals surface area (Å²) in [5.41, 5.74) is 6.86. The number of imidazole rings is 1. The topological polar surface area (TPSA) is 43.8 Å². The van der Waals surface area contributed by atoms with E-state index in [1.165, 1.54) is 5.03 Å². The third-order valence-corrected chi connectivity index (χ3v) is 4.61. The lowest BCUT2D eigenvalue weighted by molar-refractivity contribution is 0.642. The maximum atomic E-state index is 6.09. The predicted octanol–water partition coefficient (Wildman–Crippen LogP) is 4.33. The van der Waals surface area contributed by atoms with Gasteiger partial charge in [0, 0.05) is 22.9 Å². The second-order valence-electron chi connectivity index (χ2n) is 5.22. The van der Waals surface area contributed by atoms with Gasteiger partial charge in [0.05, 0.1) is 5.69 Å². The van der Waals surface area contributed by atoms with Gasteiger partial charge < -0.3 is 10.3 Å². The van der Waals surface area contributed by atoms with Crippen LogP contribution in [0.15, 0.2) is 34.2 Å². The first-order chi connectivity index (χ1) is 10.1. The van der Waals surface area contributed by atoms with E-state index in [0.717, 1.165) is 34.4 Å². The van der Waals surface area contributed by atoms with Gasteiger partial charge in [-0.2, -0.15) is 0 Å². The zero-order valence-electron chi connectivity index (χ0n) is 12.8. The number of benzene rings is 1. The molecular formula is C16H22ClN3S. The molecule has 5 heteroatoms. The first-order valence-corrected chi connectivity index (χ1v) is 8.49. The minimum atomic E-state index is 0.385. The van der Waals surface area contributed by atoms with E-state index >= 15 is 0 Å². The fraction of sp³-hybridized carbons (Fsp3) is 0.438. The lowest BCUT2D eigenvalue weighted by Crippen LogP contribution is -2.09. The first kappa shape index (κ1) is 16.4. The van der Waals surface area contributed by atoms with Crippen LogP contribution in [0.4, 0.5) is 0 Å². The summed E-state index contributed by atoms with van der Waals surface area (Å²) >= 11 is 7.82. The number of nitrogens with zero attached hydrogens (tertiary/aromatic N) is 2. The quantitative estimate of drug-likeness (QED) is 0.860. The molecule has 0 radical (unpaired) electrons. The molecule has 2 aromatic rings. The zero-order chi connectivity index (χ0) is 15.4. The Bertz CT molecular complexity index is 608. The van der Waals surface area contributed by atoms with E-state index in [-0.39, 0.29) is 0 Å². The van der Waals surface area contributed by atoms with Crippen molar-refractivity contribution in [2.75, 3.05) is 6.54 Å². The van der Waals surface area contributed by atoms with Crippen molar-refractivity contribution >= 4 is 23.4 Å². The number of hydrogen-bond donors (Lipinski definition) is 1. The normalized spacial score (nSPS) is 11.3. The zero-order valence-corrected chi connectivity index (χ0v) is 14.3. The van der Waals surface area contributed by atoms with E-state index in [0.29, 0.717) is 12.5 Å². The maximum Gasteiger partial charge on any atom is 0.111 e. The Morgan fingerprint density at radius 3 is 2.71 bits per heavy atom. The molecule has 0 aliphatic heterocycles. The van der Waals surface area contributed by atoms with Crippen LogP contribution < -0.4 is 5.73 Å². The summed E-state index contributed by atoms with van der Waals surface area (Å²) < 4.78 is 2.27. The summed E-state index contributed by atoms with van der Waals surface area (Å²) in [6.07, 6.45) is 0.809. The lowest BCUT2D eigenvalue weighted by Gasteiger charge is -2.11. The highest BCUT2D eigenvalue weighted by Gasteiger charge is 2.19. The summed E-state index contributed by atoms with van der Waals surface area (Å²) in [6, 6.07) is 7.95. The van der Waals surface area contributed by atoms with Crippen molar-refractivity contribution in [3.63, 3.8) is 0 Å². The molecule has 1 aromatic carbocycles. The Morgan fingerprint density at radius 1 is 1.38 bits per heavy atom. The standard InChI is InChI=1S/C16H22ClN3S/c1-4-20-14(8-9-18)19-15(11(2)3)16(20)21-13-7-5-6-12(17)10-13/h5-7,10-11H,4,8-9,18H2,1-3H3. The molecule has 0 saturated carbocycles. The Hall–Kier alpha value is -0.970. The Kier molecular flexibility index (Phi) is 5.73. The van der Waals surface area contributed by atoms with Crippen LogP contribution in [0.2, 0.25) is 5.02 Å². The fourth-order valence-electron chi connectivity index (χ4n) is 2.27. The lowest BCUT2D eigenvalue weighted by atomic mass is 10.1. The Balaban J connectivity index is 2.44. The van der Waals surface area contributed by atoms with Gasteiger partial charge in [-0.3, -0.25) is 0 Å². The van der Waals surface area contributed by atoms with E-state index in [4.69, 9.17) is 22.3 Å². The average molecular weight is 324 g/mol. The largest absolute Gasteiger partial charge is 0.330 e. The van der Waals surface area contributed by atoms with Crippen molar-refractivity contribution in [1.82, 2.24) is 9.55 Å². The molecular weight excluding hydrogens is 302 g/mol. The summed E-state index contributed by atoms with van der Waals surface area (Å²) in [5, 5.41) is 1.97. The van der Waals surface area contributed by atoms with Gasteiger partial charge >= 0.3 is 0 Å². The number of halogens is 1. The second-order valence-corrected chi connectivity index (χ2v) is 6.71. The summed E-state index contributed by atoms with van der Waals surface area (Å²) in [5.74, 6) is 1.46. The molecule has 0 bridgehead atoms. The van der Waals surface area contributed by atoms with Crippen LogP contribution in [0, 0.1) is 0 Å². The van der Waals surface area contributed by atoms with E-state index in [1.54, 1.807) is 11.8 Å². The van der Waals surface area contributed by atoms with Crippen LogP contribution >= 0.6 is 23.4 Å². The minimum absolute atomic E-state index is 0.385. The molecule has 1 heterocycles. The number of hydrogen-bond acceptors (Lipinski definition) is 3. The predicted molar refractivity (Wildman–Crippen MR) is 90.3 cm³/mol. The molecule has 3 nitrogen and oxygen atoms in total. The molecule has 2 rings (SSSR count). The second kappa shape index (κ2) is 7.34. The first-order valence-electron chi connectivity index (χ1n) is 7.29. The van der Waals surface area contributed by atoms with Gasteiger partial charge in [-0.05, 0) is 37.6 Å². The molecule has 0 unspecified atom stereocenters. The molecule has 1 aromatic heterocycles.